The number of hydrogen-bond donors (Lipinski definition) is 1. The molecule has 0 bridgehead atoms. The first kappa shape index (κ1) is 23.8. The van der Waals surface area contributed by atoms with Gasteiger partial charge in [0.25, 0.3) is 5.91 Å². The summed E-state index contributed by atoms with van der Waals surface area (Å²) in [7, 11) is 0. The summed E-state index contributed by atoms with van der Waals surface area (Å²) in [5.74, 6) is 1.07. The van der Waals surface area contributed by atoms with Gasteiger partial charge in [-0.3, -0.25) is 9.59 Å². The van der Waals surface area contributed by atoms with Crippen molar-refractivity contribution in [2.45, 2.75) is 65.5 Å². The van der Waals surface area contributed by atoms with Gasteiger partial charge in [0.2, 0.25) is 5.91 Å². The number of fused-ring (bicyclic) bond motifs is 1. The molecular weight excluding hydrogens is 400 g/mol. The first-order chi connectivity index (χ1) is 15.4. The molecule has 5 heteroatoms. The second-order valence-electron chi connectivity index (χ2n) is 8.91. The predicted molar refractivity (Wildman–Crippen MR) is 128 cm³/mol. The molecule has 0 fully saturated rings. The molecule has 0 saturated carbocycles. The van der Waals surface area contributed by atoms with Crippen LogP contribution in [0.5, 0.6) is 5.75 Å². The Morgan fingerprint density at radius 2 is 1.88 bits per heavy atom. The molecule has 32 heavy (non-hydrogen) atoms. The number of hydrogen-bond acceptors (Lipinski definition) is 3. The van der Waals surface area contributed by atoms with E-state index in [4.69, 9.17) is 4.74 Å². The number of carbonyl (C=O) groups excluding carboxylic acids is 2. The van der Waals surface area contributed by atoms with Crippen LogP contribution in [0.3, 0.4) is 0 Å². The predicted octanol–water partition coefficient (Wildman–Crippen LogP) is 4.89. The van der Waals surface area contributed by atoms with Crippen LogP contribution in [0.1, 0.15) is 69.7 Å². The van der Waals surface area contributed by atoms with Gasteiger partial charge >= 0.3 is 0 Å². The summed E-state index contributed by atoms with van der Waals surface area (Å²) < 4.78 is 6.12. The number of nitrogens with zero attached hydrogens (tertiary/aromatic N) is 1. The molecule has 0 radical (unpaired) electrons. The molecule has 0 spiro atoms. The first-order valence-corrected chi connectivity index (χ1v) is 11.9. The maximum atomic E-state index is 13.1. The van der Waals surface area contributed by atoms with Crippen molar-refractivity contribution in [2.75, 3.05) is 13.1 Å². The molecule has 172 valence electrons. The van der Waals surface area contributed by atoms with Crippen LogP contribution in [-0.2, 0) is 16.0 Å². The summed E-state index contributed by atoms with van der Waals surface area (Å²) in [4.78, 5) is 27.6. The van der Waals surface area contributed by atoms with Crippen LogP contribution < -0.4 is 10.1 Å². The minimum absolute atomic E-state index is 0.0829. The number of carbonyl (C=O) groups is 2. The molecule has 0 aromatic heterocycles. The highest BCUT2D eigenvalue weighted by Gasteiger charge is 2.32. The van der Waals surface area contributed by atoms with Crippen molar-refractivity contribution >= 4 is 11.8 Å². The van der Waals surface area contributed by atoms with Gasteiger partial charge in [0.05, 0.1) is 6.04 Å². The first-order valence-electron chi connectivity index (χ1n) is 11.9. The zero-order valence-corrected chi connectivity index (χ0v) is 19.8. The highest BCUT2D eigenvalue weighted by atomic mass is 16.5. The van der Waals surface area contributed by atoms with Crippen molar-refractivity contribution < 1.29 is 14.3 Å². The normalized spacial score (nSPS) is 16.4. The molecular formula is C27H36N2O3. The van der Waals surface area contributed by atoms with Crippen LogP contribution in [0.25, 0.3) is 0 Å². The van der Waals surface area contributed by atoms with E-state index in [9.17, 15) is 9.59 Å². The third kappa shape index (κ3) is 5.70. The van der Waals surface area contributed by atoms with E-state index in [1.54, 1.807) is 0 Å². The van der Waals surface area contributed by atoms with Gasteiger partial charge in [0, 0.05) is 19.5 Å². The Bertz CT molecular complexity index is 910. The number of rotatable bonds is 9. The SMILES string of the molecule is CCCNC(=O)[C@@H](CC)Oc1ccc2c(c1)[C@@H](c1ccccc1)N(C(=O)CC(C)C)CC2. The summed E-state index contributed by atoms with van der Waals surface area (Å²) in [6.07, 6.45) is 2.30. The lowest BCUT2D eigenvalue weighted by Gasteiger charge is -2.38. The van der Waals surface area contributed by atoms with Crippen molar-refractivity contribution in [1.82, 2.24) is 10.2 Å². The van der Waals surface area contributed by atoms with Gasteiger partial charge in [-0.05, 0) is 54.0 Å². The summed E-state index contributed by atoms with van der Waals surface area (Å²) in [6, 6.07) is 16.1. The van der Waals surface area contributed by atoms with Gasteiger partial charge in [0.15, 0.2) is 6.10 Å². The zero-order chi connectivity index (χ0) is 23.1. The summed E-state index contributed by atoms with van der Waals surface area (Å²) >= 11 is 0. The highest BCUT2D eigenvalue weighted by molar-refractivity contribution is 5.81. The Labute approximate surface area is 192 Å². The van der Waals surface area contributed by atoms with Crippen molar-refractivity contribution in [3.8, 4) is 5.75 Å². The monoisotopic (exact) mass is 436 g/mol. The largest absolute Gasteiger partial charge is 0.481 e. The van der Waals surface area contributed by atoms with Crippen LogP contribution >= 0.6 is 0 Å². The van der Waals surface area contributed by atoms with Crippen LogP contribution in [0.2, 0.25) is 0 Å². The topological polar surface area (TPSA) is 58.6 Å². The fraction of sp³-hybridized carbons (Fsp3) is 0.481. The number of benzene rings is 2. The van der Waals surface area contributed by atoms with Crippen LogP contribution in [-0.4, -0.2) is 35.9 Å². The van der Waals surface area contributed by atoms with Crippen molar-refractivity contribution in [3.05, 3.63) is 65.2 Å². The molecule has 0 unspecified atom stereocenters. The molecule has 3 rings (SSSR count). The second-order valence-corrected chi connectivity index (χ2v) is 8.91. The minimum Gasteiger partial charge on any atom is -0.481 e. The average Bonchev–Trinajstić information content (AvgIpc) is 2.80. The molecule has 2 aromatic carbocycles. The van der Waals surface area contributed by atoms with E-state index in [1.807, 2.05) is 49.1 Å². The van der Waals surface area contributed by atoms with Gasteiger partial charge < -0.3 is 15.0 Å². The summed E-state index contributed by atoms with van der Waals surface area (Å²) in [5, 5.41) is 2.92. The molecule has 2 aromatic rings. The van der Waals surface area contributed by atoms with Crippen molar-refractivity contribution in [1.29, 1.82) is 0 Å². The van der Waals surface area contributed by atoms with Gasteiger partial charge in [-0.25, -0.2) is 0 Å². The van der Waals surface area contributed by atoms with Gasteiger partial charge in [-0.1, -0.05) is 64.1 Å². The van der Waals surface area contributed by atoms with Gasteiger partial charge in [-0.15, -0.1) is 0 Å². The van der Waals surface area contributed by atoms with Crippen molar-refractivity contribution in [3.63, 3.8) is 0 Å². The number of nitrogens with one attached hydrogen (secondary N) is 1. The van der Waals surface area contributed by atoms with Crippen LogP contribution in [0, 0.1) is 5.92 Å². The van der Waals surface area contributed by atoms with Gasteiger partial charge in [0.1, 0.15) is 5.75 Å². The molecule has 1 aliphatic rings. The molecule has 2 atom stereocenters. The van der Waals surface area contributed by atoms with Crippen LogP contribution in [0.4, 0.5) is 0 Å². The lowest BCUT2D eigenvalue weighted by molar-refractivity contribution is -0.134. The van der Waals surface area contributed by atoms with E-state index in [0.29, 0.717) is 37.6 Å². The Balaban J connectivity index is 1.94. The number of ether oxygens (including phenoxy) is 1. The van der Waals surface area contributed by atoms with Gasteiger partial charge in [-0.2, -0.15) is 0 Å². The average molecular weight is 437 g/mol. The molecule has 2 amide bonds. The quantitative estimate of drug-likeness (QED) is 0.609. The molecule has 1 N–H and O–H groups in total. The lowest BCUT2D eigenvalue weighted by Crippen LogP contribution is -2.41. The fourth-order valence-corrected chi connectivity index (χ4v) is 4.25. The standard InChI is InChI=1S/C27H36N2O3/c1-5-15-28-27(31)24(6-2)32-22-13-12-20-14-16-29(25(30)17-19(3)4)26(23(20)18-22)21-10-8-7-9-11-21/h7-13,18-19,24,26H,5-6,14-17H2,1-4H3,(H,28,31)/t24-,26-/m1/s1. The van der Waals surface area contributed by atoms with E-state index in [-0.39, 0.29) is 17.9 Å². The Morgan fingerprint density at radius 1 is 1.12 bits per heavy atom. The Morgan fingerprint density at radius 3 is 2.53 bits per heavy atom. The molecule has 5 nitrogen and oxygen atoms in total. The molecule has 0 saturated heterocycles. The second kappa shape index (κ2) is 11.2. The Hall–Kier alpha value is -2.82. The number of amides is 2. The fourth-order valence-electron chi connectivity index (χ4n) is 4.25. The summed E-state index contributed by atoms with van der Waals surface area (Å²) in [5.41, 5.74) is 3.40. The van der Waals surface area contributed by atoms with E-state index >= 15 is 0 Å². The summed E-state index contributed by atoms with van der Waals surface area (Å²) in [6.45, 7) is 9.48. The zero-order valence-electron chi connectivity index (χ0n) is 19.8. The van der Waals surface area contributed by atoms with E-state index in [0.717, 1.165) is 24.0 Å². The van der Waals surface area contributed by atoms with E-state index < -0.39 is 6.10 Å². The minimum atomic E-state index is -0.531. The third-order valence-electron chi connectivity index (χ3n) is 5.85. The molecule has 1 heterocycles. The molecule has 0 aliphatic carbocycles. The maximum absolute atomic E-state index is 13.1. The van der Waals surface area contributed by atoms with Crippen molar-refractivity contribution in [2.24, 2.45) is 5.92 Å². The highest BCUT2D eigenvalue weighted by Crippen LogP contribution is 2.38. The molecule has 1 aliphatic heterocycles. The van der Waals surface area contributed by atoms with E-state index in [1.165, 1.54) is 5.56 Å². The smallest absolute Gasteiger partial charge is 0.261 e. The van der Waals surface area contributed by atoms with Crippen LogP contribution in [0.15, 0.2) is 48.5 Å². The lowest BCUT2D eigenvalue weighted by atomic mass is 9.87. The Kier molecular flexibility index (Phi) is 8.32. The third-order valence-corrected chi connectivity index (χ3v) is 5.85. The van der Waals surface area contributed by atoms with E-state index in [2.05, 4.69) is 37.4 Å². The maximum Gasteiger partial charge on any atom is 0.261 e.